The third-order valence-electron chi connectivity index (χ3n) is 4.05. The van der Waals surface area contributed by atoms with Crippen LogP contribution in [-0.2, 0) is 21.7 Å². The number of halogens is 5. The van der Waals surface area contributed by atoms with Crippen molar-refractivity contribution in [1.29, 1.82) is 5.41 Å². The van der Waals surface area contributed by atoms with E-state index in [2.05, 4.69) is 10.6 Å². The molecule has 0 spiro atoms. The van der Waals surface area contributed by atoms with E-state index in [1.807, 2.05) is 0 Å². The molecule has 5 nitrogen and oxygen atoms in total. The summed E-state index contributed by atoms with van der Waals surface area (Å²) in [4.78, 5) is 25.0. The van der Waals surface area contributed by atoms with Gasteiger partial charge in [-0.1, -0.05) is 18.2 Å². The van der Waals surface area contributed by atoms with Gasteiger partial charge in [0, 0.05) is 29.6 Å². The highest BCUT2D eigenvalue weighted by Crippen LogP contribution is 2.31. The van der Waals surface area contributed by atoms with Gasteiger partial charge < -0.3 is 16.0 Å². The van der Waals surface area contributed by atoms with Gasteiger partial charge in [-0.3, -0.25) is 9.59 Å². The SMILES string of the molecule is CC(=N)C(C(=O)Nc1cccc(C(C)(F)F)c1)C(=O)Nc1cccc(C(F)(F)F)c1. The first-order valence-electron chi connectivity index (χ1n) is 8.61. The maximum atomic E-state index is 13.5. The van der Waals surface area contributed by atoms with E-state index >= 15 is 0 Å². The Labute approximate surface area is 168 Å². The van der Waals surface area contributed by atoms with E-state index < -0.39 is 35.4 Å². The van der Waals surface area contributed by atoms with Gasteiger partial charge in [0.1, 0.15) is 0 Å². The fourth-order valence-electron chi connectivity index (χ4n) is 2.58. The lowest BCUT2D eigenvalue weighted by Gasteiger charge is -2.17. The van der Waals surface area contributed by atoms with E-state index in [1.54, 1.807) is 0 Å². The van der Waals surface area contributed by atoms with Gasteiger partial charge in [-0.2, -0.15) is 13.2 Å². The average molecular weight is 427 g/mol. The first kappa shape index (κ1) is 23.0. The molecule has 0 saturated carbocycles. The van der Waals surface area contributed by atoms with Crippen molar-refractivity contribution in [1.82, 2.24) is 0 Å². The Morgan fingerprint density at radius 2 is 1.30 bits per heavy atom. The van der Waals surface area contributed by atoms with Crippen LogP contribution in [0.15, 0.2) is 48.5 Å². The molecular weight excluding hydrogens is 409 g/mol. The normalized spacial score (nSPS) is 12.8. The van der Waals surface area contributed by atoms with Gasteiger partial charge >= 0.3 is 6.18 Å². The van der Waals surface area contributed by atoms with E-state index in [-0.39, 0.29) is 22.6 Å². The Hall–Kier alpha value is -3.30. The molecule has 0 aliphatic heterocycles. The zero-order valence-electron chi connectivity index (χ0n) is 15.9. The molecule has 0 aliphatic carbocycles. The van der Waals surface area contributed by atoms with Crippen LogP contribution in [0, 0.1) is 11.3 Å². The fourth-order valence-corrected chi connectivity index (χ4v) is 2.58. The van der Waals surface area contributed by atoms with Crippen LogP contribution in [-0.4, -0.2) is 17.5 Å². The number of benzene rings is 2. The van der Waals surface area contributed by atoms with Crippen LogP contribution in [0.2, 0.25) is 0 Å². The lowest BCUT2D eigenvalue weighted by Crippen LogP contribution is -2.38. The fraction of sp³-hybridized carbons (Fsp3) is 0.250. The maximum Gasteiger partial charge on any atom is 0.416 e. The minimum absolute atomic E-state index is 0.0165. The summed E-state index contributed by atoms with van der Waals surface area (Å²) in [5.41, 5.74) is -1.96. The van der Waals surface area contributed by atoms with Crippen LogP contribution in [0.3, 0.4) is 0 Å². The molecule has 1 atom stereocenters. The minimum Gasteiger partial charge on any atom is -0.325 e. The summed E-state index contributed by atoms with van der Waals surface area (Å²) in [6.07, 6.45) is -4.62. The Balaban J connectivity index is 2.20. The second-order valence-corrected chi connectivity index (χ2v) is 6.64. The van der Waals surface area contributed by atoms with Crippen molar-refractivity contribution in [3.63, 3.8) is 0 Å². The predicted molar refractivity (Wildman–Crippen MR) is 102 cm³/mol. The van der Waals surface area contributed by atoms with E-state index in [0.717, 1.165) is 24.3 Å². The number of rotatable bonds is 6. The number of alkyl halides is 5. The summed E-state index contributed by atoms with van der Waals surface area (Å²) < 4.78 is 65.4. The van der Waals surface area contributed by atoms with Crippen molar-refractivity contribution >= 4 is 28.9 Å². The highest BCUT2D eigenvalue weighted by molar-refractivity contribution is 6.24. The third kappa shape index (κ3) is 5.85. The second kappa shape index (κ2) is 8.60. The van der Waals surface area contributed by atoms with Gasteiger partial charge in [-0.25, -0.2) is 8.78 Å². The number of hydrogen-bond donors (Lipinski definition) is 3. The lowest BCUT2D eigenvalue weighted by atomic mass is 10.0. The summed E-state index contributed by atoms with van der Waals surface area (Å²) in [5, 5.41) is 12.2. The van der Waals surface area contributed by atoms with Gasteiger partial charge in [0.25, 0.3) is 5.92 Å². The van der Waals surface area contributed by atoms with E-state index in [0.29, 0.717) is 13.0 Å². The lowest BCUT2D eigenvalue weighted by molar-refractivity contribution is -0.137. The minimum atomic E-state index is -4.62. The predicted octanol–water partition coefficient (Wildman–Crippen LogP) is 5.05. The summed E-state index contributed by atoms with van der Waals surface area (Å²) in [6.45, 7) is 1.85. The van der Waals surface area contributed by atoms with Crippen molar-refractivity contribution in [2.45, 2.75) is 25.9 Å². The Bertz CT molecular complexity index is 896. The van der Waals surface area contributed by atoms with Crippen LogP contribution < -0.4 is 10.6 Å². The molecule has 0 saturated heterocycles. The molecule has 0 heterocycles. The molecule has 2 amide bonds. The van der Waals surface area contributed by atoms with Crippen molar-refractivity contribution in [3.05, 3.63) is 59.7 Å². The standard InChI is InChI=1S/C20H18F5N3O2/c1-11(26)16(17(29)27-14-7-3-5-12(9-14)19(2,21)22)18(30)28-15-8-4-6-13(10-15)20(23,24)25/h3-10,16,26H,1-2H3,(H,27,29)(H,28,30). The number of hydrogen-bond acceptors (Lipinski definition) is 3. The zero-order valence-corrected chi connectivity index (χ0v) is 15.9. The summed E-state index contributed by atoms with van der Waals surface area (Å²) in [7, 11) is 0. The molecule has 2 rings (SSSR count). The Morgan fingerprint density at radius 1 is 0.867 bits per heavy atom. The van der Waals surface area contributed by atoms with E-state index in [4.69, 9.17) is 5.41 Å². The number of carbonyl (C=O) groups is 2. The first-order chi connectivity index (χ1) is 13.8. The second-order valence-electron chi connectivity index (χ2n) is 6.64. The van der Waals surface area contributed by atoms with E-state index in [1.165, 1.54) is 25.1 Å². The van der Waals surface area contributed by atoms with Gasteiger partial charge in [0.05, 0.1) is 5.56 Å². The summed E-state index contributed by atoms with van der Waals surface area (Å²) in [5.74, 6) is -6.84. The highest BCUT2D eigenvalue weighted by Gasteiger charge is 2.32. The molecule has 3 N–H and O–H groups in total. The molecule has 0 bridgehead atoms. The molecule has 2 aromatic rings. The maximum absolute atomic E-state index is 13.5. The number of nitrogens with one attached hydrogen (secondary N) is 3. The van der Waals surface area contributed by atoms with Crippen molar-refractivity contribution in [2.24, 2.45) is 5.92 Å². The average Bonchev–Trinajstić information content (AvgIpc) is 2.60. The monoisotopic (exact) mass is 427 g/mol. The van der Waals surface area contributed by atoms with Crippen molar-refractivity contribution < 1.29 is 31.5 Å². The van der Waals surface area contributed by atoms with E-state index in [9.17, 15) is 31.5 Å². The molecule has 0 aromatic heterocycles. The number of carbonyl (C=O) groups excluding carboxylic acids is 2. The van der Waals surface area contributed by atoms with Crippen molar-refractivity contribution in [3.8, 4) is 0 Å². The Kier molecular flexibility index (Phi) is 6.59. The third-order valence-corrected chi connectivity index (χ3v) is 4.05. The topological polar surface area (TPSA) is 82.1 Å². The molecule has 30 heavy (non-hydrogen) atoms. The number of anilines is 2. The van der Waals surface area contributed by atoms with Crippen LogP contribution in [0.4, 0.5) is 33.3 Å². The van der Waals surface area contributed by atoms with Gasteiger partial charge in [0.2, 0.25) is 11.8 Å². The zero-order chi connectivity index (χ0) is 22.7. The van der Waals surface area contributed by atoms with Crippen LogP contribution in [0.1, 0.15) is 25.0 Å². The molecular formula is C20H18F5N3O2. The summed E-state index contributed by atoms with van der Waals surface area (Å²) in [6, 6.07) is 8.60. The molecule has 2 aromatic carbocycles. The van der Waals surface area contributed by atoms with Gasteiger partial charge in [-0.05, 0) is 37.3 Å². The quantitative estimate of drug-likeness (QED) is 0.343. The van der Waals surface area contributed by atoms with Crippen LogP contribution in [0.25, 0.3) is 0 Å². The number of amides is 2. The molecule has 0 aliphatic rings. The smallest absolute Gasteiger partial charge is 0.325 e. The van der Waals surface area contributed by atoms with Crippen LogP contribution in [0.5, 0.6) is 0 Å². The summed E-state index contributed by atoms with van der Waals surface area (Å²) >= 11 is 0. The first-order valence-corrected chi connectivity index (χ1v) is 8.61. The van der Waals surface area contributed by atoms with Gasteiger partial charge in [-0.15, -0.1) is 0 Å². The highest BCUT2D eigenvalue weighted by atomic mass is 19.4. The van der Waals surface area contributed by atoms with Crippen molar-refractivity contribution in [2.75, 3.05) is 10.6 Å². The molecule has 160 valence electrons. The molecule has 10 heteroatoms. The van der Waals surface area contributed by atoms with Gasteiger partial charge in [0.15, 0.2) is 5.92 Å². The molecule has 1 unspecified atom stereocenters. The van der Waals surface area contributed by atoms with Crippen LogP contribution >= 0.6 is 0 Å². The molecule has 0 radical (unpaired) electrons. The largest absolute Gasteiger partial charge is 0.416 e. The Morgan fingerprint density at radius 3 is 1.70 bits per heavy atom. The molecule has 0 fully saturated rings.